The van der Waals surface area contributed by atoms with Crippen molar-refractivity contribution in [1.29, 1.82) is 0 Å². The van der Waals surface area contributed by atoms with E-state index in [1.54, 1.807) is 30.5 Å². The molecular formula is C13H9ClO2S. The van der Waals surface area contributed by atoms with Crippen molar-refractivity contribution in [2.45, 2.75) is 0 Å². The fourth-order valence-corrected chi connectivity index (χ4v) is 2.13. The first kappa shape index (κ1) is 12.1. The quantitative estimate of drug-likeness (QED) is 0.614. The molecule has 2 aromatic rings. The Bertz CT molecular complexity index is 607. The Hall–Kier alpha value is -1.32. The highest BCUT2D eigenvalue weighted by Gasteiger charge is 2.15. The van der Waals surface area contributed by atoms with Crippen LogP contribution in [0.5, 0.6) is 0 Å². The predicted molar refractivity (Wildman–Crippen MR) is 71.8 cm³/mol. The molecule has 0 amide bonds. The smallest absolute Gasteiger partial charge is 0.259 e. The second kappa shape index (κ2) is 4.90. The number of benzene rings is 2. The molecule has 0 spiro atoms. The molecule has 0 saturated carbocycles. The molecule has 0 saturated heterocycles. The summed E-state index contributed by atoms with van der Waals surface area (Å²) in [4.78, 5) is 23.0. The van der Waals surface area contributed by atoms with Gasteiger partial charge < -0.3 is 0 Å². The highest BCUT2D eigenvalue weighted by Crippen LogP contribution is 2.24. The van der Waals surface area contributed by atoms with Gasteiger partial charge in [-0.25, -0.2) is 0 Å². The summed E-state index contributed by atoms with van der Waals surface area (Å²) >= 11 is 6.96. The Labute approximate surface area is 108 Å². The highest BCUT2D eigenvalue weighted by atomic mass is 35.5. The zero-order valence-electron chi connectivity index (χ0n) is 9.07. The Balaban J connectivity index is 2.55. The van der Waals surface area contributed by atoms with Crippen molar-refractivity contribution in [2.75, 3.05) is 6.26 Å². The van der Waals surface area contributed by atoms with Crippen LogP contribution in [0.2, 0.25) is 5.02 Å². The SMILES string of the molecule is CSC(=O)C(=O)c1ccc2cccc(Cl)c2c1. The van der Waals surface area contributed by atoms with Gasteiger partial charge in [-0.1, -0.05) is 47.6 Å². The lowest BCUT2D eigenvalue weighted by Crippen LogP contribution is -2.09. The molecule has 0 atom stereocenters. The summed E-state index contributed by atoms with van der Waals surface area (Å²) in [5.41, 5.74) is 0.380. The normalized spacial score (nSPS) is 10.5. The number of thioether (sulfide) groups is 1. The van der Waals surface area contributed by atoms with Gasteiger partial charge in [0.2, 0.25) is 5.78 Å². The van der Waals surface area contributed by atoms with Crippen LogP contribution in [0, 0.1) is 0 Å². The summed E-state index contributed by atoms with van der Waals surface area (Å²) in [6, 6.07) is 10.6. The van der Waals surface area contributed by atoms with Gasteiger partial charge in [0.1, 0.15) is 0 Å². The summed E-state index contributed by atoms with van der Waals surface area (Å²) in [6.45, 7) is 0. The monoisotopic (exact) mass is 264 g/mol. The summed E-state index contributed by atoms with van der Waals surface area (Å²) in [5.74, 6) is -0.487. The number of fused-ring (bicyclic) bond motifs is 1. The molecule has 0 bridgehead atoms. The fraction of sp³-hybridized carbons (Fsp3) is 0.0769. The molecule has 0 radical (unpaired) electrons. The van der Waals surface area contributed by atoms with Crippen LogP contribution in [-0.2, 0) is 4.79 Å². The zero-order chi connectivity index (χ0) is 12.4. The van der Waals surface area contributed by atoms with Crippen molar-refractivity contribution in [2.24, 2.45) is 0 Å². The van der Waals surface area contributed by atoms with Gasteiger partial charge >= 0.3 is 0 Å². The van der Waals surface area contributed by atoms with E-state index < -0.39 is 10.9 Å². The standard InChI is InChI=1S/C13H9ClO2S/c1-17-13(16)12(15)9-6-5-8-3-2-4-11(14)10(8)7-9/h2-7H,1H3. The molecule has 4 heteroatoms. The van der Waals surface area contributed by atoms with E-state index in [0.29, 0.717) is 10.6 Å². The summed E-state index contributed by atoms with van der Waals surface area (Å²) in [7, 11) is 0. The average Bonchev–Trinajstić information content (AvgIpc) is 2.37. The maximum absolute atomic E-state index is 11.7. The predicted octanol–water partition coefficient (Wildman–Crippen LogP) is 3.57. The molecule has 0 heterocycles. The summed E-state index contributed by atoms with van der Waals surface area (Å²) in [5, 5.41) is 1.85. The van der Waals surface area contributed by atoms with E-state index >= 15 is 0 Å². The molecule has 0 aromatic heterocycles. The first-order chi connectivity index (χ1) is 8.13. The minimum atomic E-state index is -0.487. The number of rotatable bonds is 2. The number of carbonyl (C=O) groups excluding carboxylic acids is 2. The third-order valence-electron chi connectivity index (χ3n) is 2.46. The second-order valence-electron chi connectivity index (χ2n) is 3.50. The fourth-order valence-electron chi connectivity index (χ4n) is 1.59. The molecule has 2 aromatic carbocycles. The Morgan fingerprint density at radius 2 is 1.94 bits per heavy atom. The summed E-state index contributed by atoms with van der Waals surface area (Å²) in [6.07, 6.45) is 1.59. The van der Waals surface area contributed by atoms with Crippen molar-refractivity contribution >= 4 is 45.0 Å². The topological polar surface area (TPSA) is 34.1 Å². The molecule has 0 fully saturated rings. The van der Waals surface area contributed by atoms with E-state index in [2.05, 4.69) is 0 Å². The van der Waals surface area contributed by atoms with Crippen molar-refractivity contribution in [3.05, 3.63) is 47.0 Å². The molecule has 0 aliphatic carbocycles. The molecule has 86 valence electrons. The van der Waals surface area contributed by atoms with Crippen LogP contribution in [0.1, 0.15) is 10.4 Å². The van der Waals surface area contributed by atoms with Crippen LogP contribution in [0.3, 0.4) is 0 Å². The first-order valence-corrected chi connectivity index (χ1v) is 6.54. The van der Waals surface area contributed by atoms with Gasteiger partial charge in [-0.05, 0) is 23.8 Å². The van der Waals surface area contributed by atoms with Gasteiger partial charge in [-0.15, -0.1) is 0 Å². The van der Waals surface area contributed by atoms with Gasteiger partial charge in [-0.2, -0.15) is 0 Å². The Kier molecular flexibility index (Phi) is 3.50. The average molecular weight is 265 g/mol. The lowest BCUT2D eigenvalue weighted by Gasteiger charge is -2.03. The number of hydrogen-bond acceptors (Lipinski definition) is 3. The van der Waals surface area contributed by atoms with E-state index in [1.807, 2.05) is 12.1 Å². The van der Waals surface area contributed by atoms with Crippen LogP contribution in [-0.4, -0.2) is 17.2 Å². The number of halogens is 1. The van der Waals surface area contributed by atoms with Gasteiger partial charge in [0.05, 0.1) is 0 Å². The first-order valence-electron chi connectivity index (χ1n) is 4.94. The number of hydrogen-bond donors (Lipinski definition) is 0. The number of Topliss-reactive ketones (excluding diaryl/α,β-unsaturated/α-hetero) is 1. The van der Waals surface area contributed by atoms with Gasteiger partial charge in [0.25, 0.3) is 5.12 Å². The maximum atomic E-state index is 11.7. The van der Waals surface area contributed by atoms with Crippen molar-refractivity contribution < 1.29 is 9.59 Å². The van der Waals surface area contributed by atoms with Gasteiger partial charge in [-0.3, -0.25) is 9.59 Å². The Morgan fingerprint density at radius 1 is 1.18 bits per heavy atom. The Morgan fingerprint density at radius 3 is 2.65 bits per heavy atom. The molecule has 2 nitrogen and oxygen atoms in total. The third kappa shape index (κ3) is 2.35. The molecule has 0 aliphatic rings. The molecule has 17 heavy (non-hydrogen) atoms. The van der Waals surface area contributed by atoms with Crippen molar-refractivity contribution in [3.8, 4) is 0 Å². The maximum Gasteiger partial charge on any atom is 0.259 e. The highest BCUT2D eigenvalue weighted by molar-refractivity contribution is 8.14. The van der Waals surface area contributed by atoms with Gasteiger partial charge in [0, 0.05) is 16.0 Å². The van der Waals surface area contributed by atoms with Crippen molar-refractivity contribution in [1.82, 2.24) is 0 Å². The van der Waals surface area contributed by atoms with E-state index in [0.717, 1.165) is 22.5 Å². The zero-order valence-corrected chi connectivity index (χ0v) is 10.6. The summed E-state index contributed by atoms with van der Waals surface area (Å²) < 4.78 is 0. The number of ketones is 1. The minimum Gasteiger partial charge on any atom is -0.284 e. The van der Waals surface area contributed by atoms with E-state index in [9.17, 15) is 9.59 Å². The third-order valence-corrected chi connectivity index (χ3v) is 3.35. The number of carbonyl (C=O) groups is 2. The van der Waals surface area contributed by atoms with Crippen molar-refractivity contribution in [3.63, 3.8) is 0 Å². The molecule has 0 aliphatic heterocycles. The van der Waals surface area contributed by atoms with Crippen LogP contribution < -0.4 is 0 Å². The minimum absolute atomic E-state index is 0.380. The van der Waals surface area contributed by atoms with E-state index in [-0.39, 0.29) is 0 Å². The largest absolute Gasteiger partial charge is 0.284 e. The van der Waals surface area contributed by atoms with E-state index in [4.69, 9.17) is 11.6 Å². The van der Waals surface area contributed by atoms with Crippen LogP contribution in [0.4, 0.5) is 0 Å². The molecular weight excluding hydrogens is 256 g/mol. The lowest BCUT2D eigenvalue weighted by atomic mass is 10.0. The van der Waals surface area contributed by atoms with Gasteiger partial charge in [0.15, 0.2) is 0 Å². The molecule has 2 rings (SSSR count). The van der Waals surface area contributed by atoms with E-state index in [1.165, 1.54) is 0 Å². The van der Waals surface area contributed by atoms with Crippen LogP contribution in [0.15, 0.2) is 36.4 Å². The lowest BCUT2D eigenvalue weighted by molar-refractivity contribution is -0.107. The molecule has 0 unspecified atom stereocenters. The van der Waals surface area contributed by atoms with Crippen LogP contribution in [0.25, 0.3) is 10.8 Å². The van der Waals surface area contributed by atoms with Crippen LogP contribution >= 0.6 is 23.4 Å². The molecule has 0 N–H and O–H groups in total. The second-order valence-corrected chi connectivity index (χ2v) is 4.68.